The summed E-state index contributed by atoms with van der Waals surface area (Å²) in [6.45, 7) is 4.12. The first-order valence-electron chi connectivity index (χ1n) is 11.7. The second-order valence-electron chi connectivity index (χ2n) is 9.07. The van der Waals surface area contributed by atoms with Crippen LogP contribution >= 0.6 is 0 Å². The van der Waals surface area contributed by atoms with Crippen LogP contribution in [0.4, 0.5) is 0 Å². The molecule has 0 fully saturated rings. The summed E-state index contributed by atoms with van der Waals surface area (Å²) < 4.78 is 16.9. The highest BCUT2D eigenvalue weighted by atomic mass is 16.5. The Kier molecular flexibility index (Phi) is 5.92. The third-order valence-electron chi connectivity index (χ3n) is 6.67. The van der Waals surface area contributed by atoms with Crippen molar-refractivity contribution in [2.24, 2.45) is 0 Å². The molecule has 2 heterocycles. The molecule has 0 bridgehead atoms. The van der Waals surface area contributed by atoms with Crippen LogP contribution in [0.25, 0.3) is 11.0 Å². The fraction of sp³-hybridized carbons (Fsp3) is 0.241. The number of nitrogens with zero attached hydrogens (tertiary/aromatic N) is 1. The van der Waals surface area contributed by atoms with Gasteiger partial charge in [0, 0.05) is 6.54 Å². The average molecular weight is 486 g/mol. The lowest BCUT2D eigenvalue weighted by Crippen LogP contribution is -2.31. The first kappa shape index (κ1) is 23.5. The van der Waals surface area contributed by atoms with Gasteiger partial charge in [-0.15, -0.1) is 0 Å². The number of hydrogen-bond acceptors (Lipinski definition) is 6. The number of carbonyl (C=O) groups is 1. The lowest BCUT2D eigenvalue weighted by atomic mass is 9.97. The van der Waals surface area contributed by atoms with Crippen molar-refractivity contribution >= 4 is 16.9 Å². The Morgan fingerprint density at radius 2 is 1.75 bits per heavy atom. The van der Waals surface area contributed by atoms with E-state index < -0.39 is 6.04 Å². The molecule has 1 N–H and O–H groups in total. The zero-order chi connectivity index (χ0) is 25.6. The van der Waals surface area contributed by atoms with E-state index in [4.69, 9.17) is 13.9 Å². The Morgan fingerprint density at radius 1 is 0.972 bits per heavy atom. The molecular weight excluding hydrogens is 458 g/mol. The summed E-state index contributed by atoms with van der Waals surface area (Å²) in [5.74, 6) is 0.989. The van der Waals surface area contributed by atoms with E-state index in [1.807, 2.05) is 38.1 Å². The second-order valence-corrected chi connectivity index (χ2v) is 9.07. The molecule has 36 heavy (non-hydrogen) atoms. The van der Waals surface area contributed by atoms with Gasteiger partial charge in [0.25, 0.3) is 5.91 Å². The molecule has 1 atom stereocenters. The number of phenols is 1. The van der Waals surface area contributed by atoms with Gasteiger partial charge in [-0.3, -0.25) is 9.59 Å². The minimum absolute atomic E-state index is 0.0557. The Hall–Kier alpha value is -4.26. The van der Waals surface area contributed by atoms with Crippen LogP contribution in [-0.2, 0) is 6.42 Å². The quantitative estimate of drug-likeness (QED) is 0.417. The van der Waals surface area contributed by atoms with E-state index in [2.05, 4.69) is 0 Å². The van der Waals surface area contributed by atoms with Crippen LogP contribution in [0.5, 0.6) is 17.2 Å². The normalized spacial score (nSPS) is 14.8. The van der Waals surface area contributed by atoms with E-state index >= 15 is 0 Å². The number of fused-ring (bicyclic) bond motifs is 2. The van der Waals surface area contributed by atoms with Crippen molar-refractivity contribution in [1.82, 2.24) is 4.90 Å². The summed E-state index contributed by atoms with van der Waals surface area (Å²) in [6, 6.07) is 15.3. The number of rotatable bonds is 6. The van der Waals surface area contributed by atoms with E-state index in [0.29, 0.717) is 46.6 Å². The summed E-state index contributed by atoms with van der Waals surface area (Å²) in [5.41, 5.74) is 3.83. The highest BCUT2D eigenvalue weighted by molar-refractivity contribution is 5.99. The number of hydrogen-bond donors (Lipinski definition) is 1. The summed E-state index contributed by atoms with van der Waals surface area (Å²) in [7, 11) is 3.15. The smallest absolute Gasteiger partial charge is 0.290 e. The molecule has 5 rings (SSSR count). The molecule has 3 aromatic carbocycles. The van der Waals surface area contributed by atoms with E-state index in [9.17, 15) is 14.7 Å². The fourth-order valence-electron chi connectivity index (χ4n) is 5.03. The zero-order valence-electron chi connectivity index (χ0n) is 20.6. The van der Waals surface area contributed by atoms with Crippen LogP contribution in [0.15, 0.2) is 63.8 Å². The number of amides is 1. The van der Waals surface area contributed by atoms with Crippen LogP contribution in [0.3, 0.4) is 0 Å². The number of benzene rings is 3. The van der Waals surface area contributed by atoms with Gasteiger partial charge in [-0.05, 0) is 72.9 Å². The fourth-order valence-corrected chi connectivity index (χ4v) is 5.03. The molecule has 1 aliphatic heterocycles. The molecule has 0 radical (unpaired) electrons. The standard InChI is InChI=1S/C29H27NO6/c1-16-12-17(2)27-21(13-16)26(32)24-25(19-6-5-7-20(31)15-19)30(29(33)28(24)36-27)11-10-18-8-9-22(34-3)23(14-18)35-4/h5-9,12-15,25,31H,10-11H2,1-4H3/t25-/m1/s1. The molecule has 7 heteroatoms. The van der Waals surface area contributed by atoms with Gasteiger partial charge in [0.15, 0.2) is 16.9 Å². The maximum absolute atomic E-state index is 13.8. The monoisotopic (exact) mass is 485 g/mol. The van der Waals surface area contributed by atoms with Crippen molar-refractivity contribution in [1.29, 1.82) is 0 Å². The number of aryl methyl sites for hydroxylation is 2. The maximum Gasteiger partial charge on any atom is 0.290 e. The summed E-state index contributed by atoms with van der Waals surface area (Å²) >= 11 is 0. The van der Waals surface area contributed by atoms with Gasteiger partial charge in [-0.2, -0.15) is 0 Å². The average Bonchev–Trinajstić information content (AvgIpc) is 3.15. The predicted octanol–water partition coefficient (Wildman–Crippen LogP) is 4.92. The molecule has 0 unspecified atom stereocenters. The van der Waals surface area contributed by atoms with Gasteiger partial charge in [0.2, 0.25) is 5.76 Å². The largest absolute Gasteiger partial charge is 0.508 e. The van der Waals surface area contributed by atoms with Crippen molar-refractivity contribution in [3.05, 3.63) is 98.4 Å². The Bertz CT molecular complexity index is 1550. The Morgan fingerprint density at radius 3 is 2.47 bits per heavy atom. The third kappa shape index (κ3) is 3.86. The molecule has 4 aromatic rings. The zero-order valence-corrected chi connectivity index (χ0v) is 20.6. The predicted molar refractivity (Wildman–Crippen MR) is 136 cm³/mol. The van der Waals surface area contributed by atoms with Crippen LogP contribution in [0, 0.1) is 13.8 Å². The Labute approximate surface area is 208 Å². The van der Waals surface area contributed by atoms with Crippen molar-refractivity contribution < 1.29 is 23.8 Å². The van der Waals surface area contributed by atoms with Crippen molar-refractivity contribution in [3.63, 3.8) is 0 Å². The Balaban J connectivity index is 1.62. The van der Waals surface area contributed by atoms with Gasteiger partial charge in [0.1, 0.15) is 11.3 Å². The van der Waals surface area contributed by atoms with Crippen molar-refractivity contribution in [2.75, 3.05) is 20.8 Å². The van der Waals surface area contributed by atoms with Gasteiger partial charge in [-0.1, -0.05) is 24.3 Å². The molecule has 0 saturated heterocycles. The van der Waals surface area contributed by atoms with Crippen LogP contribution in [-0.4, -0.2) is 36.7 Å². The summed E-state index contributed by atoms with van der Waals surface area (Å²) in [6.07, 6.45) is 0.515. The molecule has 184 valence electrons. The van der Waals surface area contributed by atoms with E-state index in [0.717, 1.165) is 16.7 Å². The van der Waals surface area contributed by atoms with Crippen LogP contribution in [0.2, 0.25) is 0 Å². The minimum atomic E-state index is -0.679. The first-order valence-corrected chi connectivity index (χ1v) is 11.7. The topological polar surface area (TPSA) is 89.2 Å². The number of carbonyl (C=O) groups excluding carboxylic acids is 1. The molecular formula is C29H27NO6. The van der Waals surface area contributed by atoms with E-state index in [1.54, 1.807) is 49.5 Å². The minimum Gasteiger partial charge on any atom is -0.508 e. The molecule has 1 aliphatic rings. The first-order chi connectivity index (χ1) is 17.3. The number of aromatic hydroxyl groups is 1. The second kappa shape index (κ2) is 9.07. The van der Waals surface area contributed by atoms with Gasteiger partial charge in [0.05, 0.1) is 31.2 Å². The SMILES string of the molecule is COc1ccc(CCN2C(=O)c3oc4c(C)cc(C)cc4c(=O)c3[C@H]2c2cccc(O)c2)cc1OC. The van der Waals surface area contributed by atoms with E-state index in [-0.39, 0.29) is 22.8 Å². The maximum atomic E-state index is 13.8. The van der Waals surface area contributed by atoms with Crippen molar-refractivity contribution in [2.45, 2.75) is 26.3 Å². The highest BCUT2D eigenvalue weighted by Crippen LogP contribution is 2.39. The molecule has 1 aromatic heterocycles. The number of methoxy groups -OCH3 is 2. The lowest BCUT2D eigenvalue weighted by molar-refractivity contribution is 0.0730. The van der Waals surface area contributed by atoms with Crippen molar-refractivity contribution in [3.8, 4) is 17.2 Å². The highest BCUT2D eigenvalue weighted by Gasteiger charge is 2.42. The molecule has 0 spiro atoms. The summed E-state index contributed by atoms with van der Waals surface area (Å²) in [4.78, 5) is 29.1. The molecule has 1 amide bonds. The van der Waals surface area contributed by atoms with Gasteiger partial charge >= 0.3 is 0 Å². The van der Waals surface area contributed by atoms with E-state index in [1.165, 1.54) is 0 Å². The van der Waals surface area contributed by atoms with Crippen LogP contribution < -0.4 is 14.9 Å². The summed E-state index contributed by atoms with van der Waals surface area (Å²) in [5, 5.41) is 10.6. The number of phenolic OH excluding ortho intramolecular Hbond substituents is 1. The molecule has 0 aliphatic carbocycles. The van der Waals surface area contributed by atoms with Gasteiger partial charge in [-0.25, -0.2) is 0 Å². The molecule has 0 saturated carbocycles. The number of ether oxygens (including phenoxy) is 2. The molecule has 7 nitrogen and oxygen atoms in total. The van der Waals surface area contributed by atoms with Gasteiger partial charge < -0.3 is 23.9 Å². The third-order valence-corrected chi connectivity index (χ3v) is 6.67. The lowest BCUT2D eigenvalue weighted by Gasteiger charge is -2.25. The van der Waals surface area contributed by atoms with Crippen LogP contribution in [0.1, 0.15) is 44.4 Å².